The van der Waals surface area contributed by atoms with Crippen LogP contribution in [0.25, 0.3) is 0 Å². The normalized spacial score (nSPS) is 39.8. The van der Waals surface area contributed by atoms with Crippen LogP contribution in [0.1, 0.15) is 162 Å². The number of unbranched alkanes of at least 4 members (excludes halogenated alkanes) is 2. The Kier molecular flexibility index (Phi) is 9.91. The third kappa shape index (κ3) is 6.16. The molecule has 4 rings (SSSR count). The van der Waals surface area contributed by atoms with Gasteiger partial charge in [0.05, 0.1) is 0 Å². The van der Waals surface area contributed by atoms with Gasteiger partial charge in [-0.3, -0.25) is 0 Å². The molecule has 0 aliphatic heterocycles. The van der Waals surface area contributed by atoms with Crippen molar-refractivity contribution >= 4 is 0 Å². The first-order valence-corrected chi connectivity index (χ1v) is 15.7. The van der Waals surface area contributed by atoms with Crippen LogP contribution in [0.3, 0.4) is 0 Å². The van der Waals surface area contributed by atoms with Gasteiger partial charge in [0.15, 0.2) is 0 Å². The molecular weight excluding hydrogens is 384 g/mol. The van der Waals surface area contributed by atoms with Crippen molar-refractivity contribution in [1.29, 1.82) is 0 Å². The third-order valence-electron chi connectivity index (χ3n) is 11.5. The summed E-state index contributed by atoms with van der Waals surface area (Å²) in [6, 6.07) is 0. The second-order valence-corrected chi connectivity index (χ2v) is 13.2. The van der Waals surface area contributed by atoms with E-state index in [1.54, 1.807) is 109 Å². The molecular formula is C32H58. The first-order chi connectivity index (χ1) is 15.7. The summed E-state index contributed by atoms with van der Waals surface area (Å²) >= 11 is 0. The van der Waals surface area contributed by atoms with Gasteiger partial charge in [0.2, 0.25) is 0 Å². The Morgan fingerprint density at radius 3 is 1.69 bits per heavy atom. The van der Waals surface area contributed by atoms with E-state index >= 15 is 0 Å². The third-order valence-corrected chi connectivity index (χ3v) is 11.5. The van der Waals surface area contributed by atoms with Crippen molar-refractivity contribution < 1.29 is 0 Å². The lowest BCUT2D eigenvalue weighted by atomic mass is 9.51. The molecule has 0 amide bonds. The van der Waals surface area contributed by atoms with Gasteiger partial charge in [-0.25, -0.2) is 0 Å². The maximum atomic E-state index is 2.39. The fraction of sp³-hybridized carbons (Fsp3) is 1.00. The van der Waals surface area contributed by atoms with Gasteiger partial charge in [-0.15, -0.1) is 0 Å². The van der Waals surface area contributed by atoms with E-state index in [0.717, 1.165) is 40.9 Å². The summed E-state index contributed by atoms with van der Waals surface area (Å²) in [5.74, 6) is 6.54. The zero-order chi connectivity index (χ0) is 22.2. The quantitative estimate of drug-likeness (QED) is 0.311. The maximum Gasteiger partial charge on any atom is -0.0241 e. The van der Waals surface area contributed by atoms with E-state index in [1.807, 2.05) is 0 Å². The van der Waals surface area contributed by atoms with Gasteiger partial charge in [0, 0.05) is 0 Å². The SMILES string of the molecule is CCCCC[C@H]1CC[C@H]([C@]2(C3CCCCC3)CC[C@@H]([C@H]3CC[C@H](CCC)CC3)CC2)CC1. The van der Waals surface area contributed by atoms with E-state index in [0.29, 0.717) is 0 Å². The Morgan fingerprint density at radius 1 is 0.500 bits per heavy atom. The molecule has 0 atom stereocenters. The summed E-state index contributed by atoms with van der Waals surface area (Å²) in [5, 5.41) is 0. The van der Waals surface area contributed by atoms with Crippen LogP contribution in [-0.2, 0) is 0 Å². The molecule has 0 saturated heterocycles. The average Bonchev–Trinajstić information content (AvgIpc) is 2.86. The molecule has 0 heteroatoms. The number of hydrogen-bond donors (Lipinski definition) is 0. The van der Waals surface area contributed by atoms with E-state index in [-0.39, 0.29) is 0 Å². The topological polar surface area (TPSA) is 0 Å². The molecule has 0 nitrogen and oxygen atoms in total. The molecule has 0 radical (unpaired) electrons. The van der Waals surface area contributed by atoms with Gasteiger partial charge >= 0.3 is 0 Å². The van der Waals surface area contributed by atoms with E-state index < -0.39 is 0 Å². The van der Waals surface area contributed by atoms with Crippen molar-refractivity contribution in [2.45, 2.75) is 162 Å². The molecule has 0 aromatic carbocycles. The minimum absolute atomic E-state index is 0.769. The number of hydrogen-bond acceptors (Lipinski definition) is 0. The summed E-state index contributed by atoms with van der Waals surface area (Å²) in [7, 11) is 0. The minimum Gasteiger partial charge on any atom is -0.0654 e. The van der Waals surface area contributed by atoms with E-state index in [4.69, 9.17) is 0 Å². The van der Waals surface area contributed by atoms with Crippen LogP contribution in [0.15, 0.2) is 0 Å². The lowest BCUT2D eigenvalue weighted by Crippen LogP contribution is -2.44. The summed E-state index contributed by atoms with van der Waals surface area (Å²) in [6.45, 7) is 4.74. The maximum absolute atomic E-state index is 2.39. The largest absolute Gasteiger partial charge is 0.0654 e. The van der Waals surface area contributed by atoms with Gasteiger partial charge in [-0.2, -0.15) is 0 Å². The second-order valence-electron chi connectivity index (χ2n) is 13.2. The van der Waals surface area contributed by atoms with Crippen molar-refractivity contribution in [3.63, 3.8) is 0 Å². The van der Waals surface area contributed by atoms with Crippen LogP contribution in [-0.4, -0.2) is 0 Å². The number of rotatable bonds is 9. The molecule has 0 aromatic rings. The summed E-state index contributed by atoms with van der Waals surface area (Å²) in [6.07, 6.45) is 35.7. The standard InChI is InChI=1S/C32H58/c1-3-5-7-11-27-16-20-31(21-17-27)32(30-12-8-6-9-13-30)24-22-29(23-25-32)28-18-14-26(10-4-2)15-19-28/h26-31H,3-25H2,1-2H3/t26-,27-,28-,29-,31-,32-. The van der Waals surface area contributed by atoms with Gasteiger partial charge in [0.25, 0.3) is 0 Å². The predicted octanol–water partition coefficient (Wildman–Crippen LogP) is 10.7. The fourth-order valence-electron chi connectivity index (χ4n) is 9.54. The summed E-state index contributed by atoms with van der Waals surface area (Å²) < 4.78 is 0. The van der Waals surface area contributed by atoms with Crippen LogP contribution in [0.2, 0.25) is 0 Å². The van der Waals surface area contributed by atoms with Crippen LogP contribution in [0.5, 0.6) is 0 Å². The van der Waals surface area contributed by atoms with Crippen LogP contribution < -0.4 is 0 Å². The highest BCUT2D eigenvalue weighted by Gasteiger charge is 2.48. The van der Waals surface area contributed by atoms with Gasteiger partial charge in [-0.05, 0) is 105 Å². The Labute approximate surface area is 202 Å². The summed E-state index contributed by atoms with van der Waals surface area (Å²) in [4.78, 5) is 0. The lowest BCUT2D eigenvalue weighted by molar-refractivity contribution is -0.0406. The first-order valence-electron chi connectivity index (χ1n) is 15.7. The monoisotopic (exact) mass is 442 g/mol. The van der Waals surface area contributed by atoms with E-state index in [2.05, 4.69) is 13.8 Å². The van der Waals surface area contributed by atoms with Crippen molar-refractivity contribution in [1.82, 2.24) is 0 Å². The van der Waals surface area contributed by atoms with Crippen LogP contribution in [0.4, 0.5) is 0 Å². The second kappa shape index (κ2) is 12.6. The molecule has 0 unspecified atom stereocenters. The smallest absolute Gasteiger partial charge is 0.0241 e. The van der Waals surface area contributed by atoms with Crippen molar-refractivity contribution in [2.24, 2.45) is 40.9 Å². The van der Waals surface area contributed by atoms with E-state index in [9.17, 15) is 0 Å². The molecule has 186 valence electrons. The predicted molar refractivity (Wildman–Crippen MR) is 141 cm³/mol. The molecule has 0 aromatic heterocycles. The molecule has 0 spiro atoms. The molecule has 4 fully saturated rings. The lowest BCUT2D eigenvalue weighted by Gasteiger charge is -2.54. The summed E-state index contributed by atoms with van der Waals surface area (Å²) in [5.41, 5.74) is 0.769. The molecule has 0 N–H and O–H groups in total. The highest BCUT2D eigenvalue weighted by atomic mass is 14.5. The highest BCUT2D eigenvalue weighted by Crippen LogP contribution is 2.59. The molecule has 32 heavy (non-hydrogen) atoms. The van der Waals surface area contributed by atoms with E-state index in [1.165, 1.54) is 38.5 Å². The van der Waals surface area contributed by atoms with Gasteiger partial charge < -0.3 is 0 Å². The Balaban J connectivity index is 1.33. The average molecular weight is 443 g/mol. The molecule has 0 heterocycles. The first kappa shape index (κ1) is 25.1. The molecule has 4 aliphatic carbocycles. The molecule has 0 bridgehead atoms. The van der Waals surface area contributed by atoms with Crippen molar-refractivity contribution in [3.05, 3.63) is 0 Å². The minimum atomic E-state index is 0.769. The molecule has 4 saturated carbocycles. The van der Waals surface area contributed by atoms with Crippen LogP contribution >= 0.6 is 0 Å². The van der Waals surface area contributed by atoms with Crippen LogP contribution in [0, 0.1) is 40.9 Å². The Bertz CT molecular complexity index is 490. The van der Waals surface area contributed by atoms with Crippen molar-refractivity contribution in [3.8, 4) is 0 Å². The molecule has 4 aliphatic rings. The zero-order valence-electron chi connectivity index (χ0n) is 22.2. The zero-order valence-corrected chi connectivity index (χ0v) is 22.2. The van der Waals surface area contributed by atoms with Gasteiger partial charge in [0.1, 0.15) is 0 Å². The van der Waals surface area contributed by atoms with Gasteiger partial charge in [-0.1, -0.05) is 97.3 Å². The highest BCUT2D eigenvalue weighted by molar-refractivity contribution is 4.99. The van der Waals surface area contributed by atoms with Crippen molar-refractivity contribution in [2.75, 3.05) is 0 Å². The Hall–Kier alpha value is 0. The Morgan fingerprint density at radius 2 is 1.06 bits per heavy atom. The fourth-order valence-corrected chi connectivity index (χ4v) is 9.54.